The van der Waals surface area contributed by atoms with E-state index in [0.29, 0.717) is 19.1 Å². The second kappa shape index (κ2) is 11.9. The Morgan fingerprint density at radius 1 is 1.31 bits per heavy atom. The number of aromatic amines is 1. The molecular formula is C19H30IN5O. The third-order valence-corrected chi connectivity index (χ3v) is 3.65. The fourth-order valence-corrected chi connectivity index (χ4v) is 2.45. The number of H-pyrrole nitrogens is 1. The molecule has 0 saturated heterocycles. The number of benzene rings is 1. The molecule has 0 bridgehead atoms. The number of hydrogen-bond donors (Lipinski definition) is 2. The lowest BCUT2D eigenvalue weighted by Gasteiger charge is -2.21. The minimum absolute atomic E-state index is 0. The van der Waals surface area contributed by atoms with Crippen LogP contribution in [0, 0.1) is 5.92 Å². The second-order valence-corrected chi connectivity index (χ2v) is 6.41. The number of rotatable bonds is 8. The molecule has 1 aromatic carbocycles. The Hall–Kier alpha value is -1.61. The lowest BCUT2D eigenvalue weighted by molar-refractivity contribution is 0.114. The molecule has 0 unspecified atom stereocenters. The van der Waals surface area contributed by atoms with Gasteiger partial charge in [-0.2, -0.15) is 0 Å². The topological polar surface area (TPSA) is 65.5 Å². The zero-order chi connectivity index (χ0) is 18.1. The Balaban J connectivity index is 0.00000338. The van der Waals surface area contributed by atoms with Crippen molar-refractivity contribution in [3.05, 3.63) is 42.4 Å². The summed E-state index contributed by atoms with van der Waals surface area (Å²) in [7, 11) is 3.78. The van der Waals surface area contributed by atoms with E-state index in [9.17, 15) is 0 Å². The van der Waals surface area contributed by atoms with Gasteiger partial charge in [-0.1, -0.05) is 44.2 Å². The van der Waals surface area contributed by atoms with Gasteiger partial charge < -0.3 is 19.9 Å². The van der Waals surface area contributed by atoms with Crippen LogP contribution in [0.1, 0.15) is 19.7 Å². The largest absolute Gasteiger partial charge is 0.379 e. The molecule has 0 aliphatic carbocycles. The summed E-state index contributed by atoms with van der Waals surface area (Å²) in [5.41, 5.74) is 2.16. The van der Waals surface area contributed by atoms with Crippen molar-refractivity contribution in [2.75, 3.05) is 33.9 Å². The van der Waals surface area contributed by atoms with Gasteiger partial charge in [-0.25, -0.2) is 4.98 Å². The fourth-order valence-electron chi connectivity index (χ4n) is 2.45. The highest BCUT2D eigenvalue weighted by Gasteiger charge is 2.09. The predicted molar refractivity (Wildman–Crippen MR) is 118 cm³/mol. The maximum absolute atomic E-state index is 5.59. The molecule has 2 N–H and O–H groups in total. The van der Waals surface area contributed by atoms with Gasteiger partial charge >= 0.3 is 0 Å². The molecule has 0 aliphatic heterocycles. The maximum atomic E-state index is 5.59. The van der Waals surface area contributed by atoms with Crippen molar-refractivity contribution in [3.63, 3.8) is 0 Å². The lowest BCUT2D eigenvalue weighted by Crippen LogP contribution is -2.40. The zero-order valence-corrected chi connectivity index (χ0v) is 18.4. The highest BCUT2D eigenvalue weighted by atomic mass is 127. The number of halogens is 1. The lowest BCUT2D eigenvalue weighted by atomic mass is 10.2. The number of aromatic nitrogens is 2. The van der Waals surface area contributed by atoms with Crippen molar-refractivity contribution in [1.29, 1.82) is 0 Å². The summed E-state index contributed by atoms with van der Waals surface area (Å²) in [6.07, 6.45) is 1.87. The number of nitrogens with one attached hydrogen (secondary N) is 2. The van der Waals surface area contributed by atoms with Crippen LogP contribution in [0.25, 0.3) is 11.3 Å². The Morgan fingerprint density at radius 3 is 2.69 bits per heavy atom. The molecule has 26 heavy (non-hydrogen) atoms. The first-order chi connectivity index (χ1) is 12.1. The molecular weight excluding hydrogens is 441 g/mol. The number of nitrogens with zero attached hydrogens (tertiary/aromatic N) is 3. The zero-order valence-electron chi connectivity index (χ0n) is 16.0. The van der Waals surface area contributed by atoms with Crippen LogP contribution in [0.4, 0.5) is 0 Å². The van der Waals surface area contributed by atoms with E-state index in [1.807, 2.05) is 36.3 Å². The minimum atomic E-state index is 0. The van der Waals surface area contributed by atoms with Gasteiger partial charge in [0.05, 0.1) is 25.0 Å². The SMILES string of the molecule is CN=C(NCCOCC(C)C)N(C)Cc1ncc(-c2ccccc2)[nH]1.I. The molecule has 144 valence electrons. The average molecular weight is 471 g/mol. The van der Waals surface area contributed by atoms with Crippen LogP contribution in [0.3, 0.4) is 0 Å². The molecule has 1 aromatic heterocycles. The Bertz CT molecular complexity index is 657. The van der Waals surface area contributed by atoms with Crippen molar-refractivity contribution in [1.82, 2.24) is 20.2 Å². The summed E-state index contributed by atoms with van der Waals surface area (Å²) in [4.78, 5) is 14.2. The number of hydrogen-bond acceptors (Lipinski definition) is 3. The van der Waals surface area contributed by atoms with Crippen LogP contribution in [0.15, 0.2) is 41.5 Å². The Labute approximate surface area is 173 Å². The van der Waals surface area contributed by atoms with Crippen LogP contribution in [-0.2, 0) is 11.3 Å². The first kappa shape index (κ1) is 22.4. The molecule has 0 radical (unpaired) electrons. The summed E-state index contributed by atoms with van der Waals surface area (Å²) in [6, 6.07) is 10.2. The molecule has 2 aromatic rings. The van der Waals surface area contributed by atoms with Crippen molar-refractivity contribution in [2.45, 2.75) is 20.4 Å². The normalized spacial score (nSPS) is 11.3. The van der Waals surface area contributed by atoms with Gasteiger partial charge in [-0.3, -0.25) is 4.99 Å². The summed E-state index contributed by atoms with van der Waals surface area (Å²) < 4.78 is 5.59. The number of guanidine groups is 1. The second-order valence-electron chi connectivity index (χ2n) is 6.41. The first-order valence-corrected chi connectivity index (χ1v) is 8.69. The van der Waals surface area contributed by atoms with Crippen molar-refractivity contribution >= 4 is 29.9 Å². The Kier molecular flexibility index (Phi) is 10.3. The molecule has 0 aliphatic rings. The summed E-state index contributed by atoms with van der Waals surface area (Å²) in [5.74, 6) is 2.28. The quantitative estimate of drug-likeness (QED) is 0.268. The van der Waals surface area contributed by atoms with Gasteiger partial charge in [-0.15, -0.1) is 24.0 Å². The van der Waals surface area contributed by atoms with Crippen molar-refractivity contribution in [3.8, 4) is 11.3 Å². The molecule has 2 rings (SSSR count). The van der Waals surface area contributed by atoms with Gasteiger partial charge in [0.25, 0.3) is 0 Å². The Morgan fingerprint density at radius 2 is 2.04 bits per heavy atom. The van der Waals surface area contributed by atoms with E-state index >= 15 is 0 Å². The maximum Gasteiger partial charge on any atom is 0.193 e. The van der Waals surface area contributed by atoms with E-state index in [2.05, 4.69) is 46.3 Å². The van der Waals surface area contributed by atoms with Crippen LogP contribution in [-0.4, -0.2) is 54.7 Å². The fraction of sp³-hybridized carbons (Fsp3) is 0.474. The van der Waals surface area contributed by atoms with E-state index in [0.717, 1.165) is 36.2 Å². The minimum Gasteiger partial charge on any atom is -0.379 e. The van der Waals surface area contributed by atoms with E-state index in [4.69, 9.17) is 4.74 Å². The van der Waals surface area contributed by atoms with E-state index < -0.39 is 0 Å². The van der Waals surface area contributed by atoms with Gasteiger partial charge in [0.1, 0.15) is 5.82 Å². The highest BCUT2D eigenvalue weighted by molar-refractivity contribution is 14.0. The number of ether oxygens (including phenoxy) is 1. The van der Waals surface area contributed by atoms with E-state index in [1.54, 1.807) is 7.05 Å². The van der Waals surface area contributed by atoms with Gasteiger partial charge in [-0.05, 0) is 11.5 Å². The first-order valence-electron chi connectivity index (χ1n) is 8.69. The molecule has 0 atom stereocenters. The third-order valence-electron chi connectivity index (χ3n) is 3.65. The molecule has 0 fully saturated rings. The standard InChI is InChI=1S/C19H29N5O.HI/c1-15(2)14-25-11-10-21-19(20-3)24(4)13-18-22-12-17(23-18)16-8-6-5-7-9-16;/h5-9,12,15H,10-11,13-14H2,1-4H3,(H,20,21)(H,22,23);1H. The van der Waals surface area contributed by atoms with Gasteiger partial charge in [0.2, 0.25) is 0 Å². The van der Waals surface area contributed by atoms with Crippen LogP contribution < -0.4 is 5.32 Å². The van der Waals surface area contributed by atoms with Crippen molar-refractivity contribution in [2.24, 2.45) is 10.9 Å². The van der Waals surface area contributed by atoms with E-state index in [1.165, 1.54) is 0 Å². The predicted octanol–water partition coefficient (Wildman–Crippen LogP) is 3.37. The summed E-state index contributed by atoms with van der Waals surface area (Å²) in [5, 5.41) is 3.31. The van der Waals surface area contributed by atoms with Crippen LogP contribution in [0.2, 0.25) is 0 Å². The molecule has 6 nitrogen and oxygen atoms in total. The highest BCUT2D eigenvalue weighted by Crippen LogP contribution is 2.16. The van der Waals surface area contributed by atoms with Crippen molar-refractivity contribution < 1.29 is 4.74 Å². The molecule has 0 amide bonds. The average Bonchev–Trinajstić information content (AvgIpc) is 3.07. The van der Waals surface area contributed by atoms with Crippen LogP contribution in [0.5, 0.6) is 0 Å². The molecule has 7 heteroatoms. The molecule has 0 saturated carbocycles. The van der Waals surface area contributed by atoms with E-state index in [-0.39, 0.29) is 24.0 Å². The number of imidazole rings is 1. The van der Waals surface area contributed by atoms with Gasteiger partial charge in [0, 0.05) is 27.2 Å². The molecule has 1 heterocycles. The third kappa shape index (κ3) is 7.33. The van der Waals surface area contributed by atoms with Gasteiger partial charge in [0.15, 0.2) is 5.96 Å². The summed E-state index contributed by atoms with van der Waals surface area (Å²) in [6.45, 7) is 7.13. The summed E-state index contributed by atoms with van der Waals surface area (Å²) >= 11 is 0. The smallest absolute Gasteiger partial charge is 0.193 e. The molecule has 0 spiro atoms. The number of aliphatic imine (C=N–C) groups is 1. The van der Waals surface area contributed by atoms with Crippen LogP contribution >= 0.6 is 24.0 Å². The monoisotopic (exact) mass is 471 g/mol.